The lowest BCUT2D eigenvalue weighted by Crippen LogP contribution is -2.48. The maximum absolute atomic E-state index is 11.5. The molecule has 2 heterocycles. The summed E-state index contributed by atoms with van der Waals surface area (Å²) in [6.07, 6.45) is 4.25. The quantitative estimate of drug-likeness (QED) is 0.784. The lowest BCUT2D eigenvalue weighted by molar-refractivity contribution is -0.128. The highest BCUT2D eigenvalue weighted by atomic mass is 16.2. The average molecular weight is 239 g/mol. The molecule has 4 heteroatoms. The predicted octanol–water partition coefficient (Wildman–Crippen LogP) is 0.681. The number of nitrogens with one attached hydrogen (secondary N) is 1. The molecule has 1 N–H and O–H groups in total. The van der Waals surface area contributed by atoms with E-state index in [1.165, 1.54) is 25.9 Å². The molecular formula is C13H25N3O. The molecule has 0 radical (unpaired) electrons. The summed E-state index contributed by atoms with van der Waals surface area (Å²) in [5.74, 6) is 0.335. The number of carbonyl (C=O) groups excluding carboxylic acids is 1. The molecule has 1 atom stereocenters. The van der Waals surface area contributed by atoms with E-state index in [0.717, 1.165) is 25.9 Å². The standard InChI is InChI=1S/C13H25N3O/c1-11(10-16-7-3-4-13(16)17)14-12-5-8-15(2)9-6-12/h11-12,14H,3-10H2,1-2H3. The second-order valence-electron chi connectivity index (χ2n) is 5.59. The summed E-state index contributed by atoms with van der Waals surface area (Å²) in [6.45, 7) is 6.41. The van der Waals surface area contributed by atoms with Gasteiger partial charge < -0.3 is 15.1 Å². The molecule has 2 aliphatic rings. The normalized spacial score (nSPS) is 25.5. The van der Waals surface area contributed by atoms with Crippen LogP contribution in [0, 0.1) is 0 Å². The second kappa shape index (κ2) is 5.83. The van der Waals surface area contributed by atoms with Crippen LogP contribution in [0.4, 0.5) is 0 Å². The lowest BCUT2D eigenvalue weighted by Gasteiger charge is -2.32. The van der Waals surface area contributed by atoms with Crippen LogP contribution in [-0.4, -0.2) is 61.0 Å². The number of amides is 1. The summed E-state index contributed by atoms with van der Waals surface area (Å²) in [7, 11) is 2.18. The van der Waals surface area contributed by atoms with Crippen molar-refractivity contribution in [3.8, 4) is 0 Å². The Morgan fingerprint density at radius 1 is 1.35 bits per heavy atom. The van der Waals surface area contributed by atoms with Crippen molar-refractivity contribution in [2.75, 3.05) is 33.2 Å². The fourth-order valence-corrected chi connectivity index (χ4v) is 2.86. The van der Waals surface area contributed by atoms with Gasteiger partial charge in [0.05, 0.1) is 0 Å². The third kappa shape index (κ3) is 3.68. The van der Waals surface area contributed by atoms with Gasteiger partial charge in [0.1, 0.15) is 0 Å². The van der Waals surface area contributed by atoms with E-state index < -0.39 is 0 Å². The predicted molar refractivity (Wildman–Crippen MR) is 68.9 cm³/mol. The largest absolute Gasteiger partial charge is 0.341 e. The van der Waals surface area contributed by atoms with Crippen LogP contribution in [0.3, 0.4) is 0 Å². The van der Waals surface area contributed by atoms with Crippen LogP contribution >= 0.6 is 0 Å². The summed E-state index contributed by atoms with van der Waals surface area (Å²) < 4.78 is 0. The Hall–Kier alpha value is -0.610. The molecule has 0 aromatic heterocycles. The molecule has 0 aromatic carbocycles. The van der Waals surface area contributed by atoms with Crippen molar-refractivity contribution in [2.24, 2.45) is 0 Å². The zero-order chi connectivity index (χ0) is 12.3. The van der Waals surface area contributed by atoms with E-state index in [1.807, 2.05) is 4.90 Å². The first kappa shape index (κ1) is 12.8. The smallest absolute Gasteiger partial charge is 0.222 e. The molecule has 1 amide bonds. The molecule has 17 heavy (non-hydrogen) atoms. The Morgan fingerprint density at radius 2 is 2.06 bits per heavy atom. The fraction of sp³-hybridized carbons (Fsp3) is 0.923. The van der Waals surface area contributed by atoms with Gasteiger partial charge in [0.15, 0.2) is 0 Å². The minimum atomic E-state index is 0.335. The Balaban J connectivity index is 1.69. The number of hydrogen-bond acceptors (Lipinski definition) is 3. The SMILES string of the molecule is CC(CN1CCCC1=O)NC1CCN(C)CC1. The minimum absolute atomic E-state index is 0.335. The van der Waals surface area contributed by atoms with Gasteiger partial charge in [-0.2, -0.15) is 0 Å². The van der Waals surface area contributed by atoms with E-state index in [4.69, 9.17) is 0 Å². The highest BCUT2D eigenvalue weighted by molar-refractivity contribution is 5.78. The van der Waals surface area contributed by atoms with Crippen LogP contribution in [0.25, 0.3) is 0 Å². The summed E-state index contributed by atoms with van der Waals surface area (Å²) in [6, 6.07) is 1.06. The van der Waals surface area contributed by atoms with Crippen LogP contribution in [0.5, 0.6) is 0 Å². The van der Waals surface area contributed by atoms with E-state index in [0.29, 0.717) is 18.0 Å². The molecule has 0 saturated carbocycles. The summed E-state index contributed by atoms with van der Waals surface area (Å²) in [5.41, 5.74) is 0. The van der Waals surface area contributed by atoms with Gasteiger partial charge in [-0.3, -0.25) is 4.79 Å². The first-order valence-electron chi connectivity index (χ1n) is 6.87. The van der Waals surface area contributed by atoms with Gasteiger partial charge in [-0.15, -0.1) is 0 Å². The topological polar surface area (TPSA) is 35.6 Å². The molecule has 2 fully saturated rings. The molecule has 0 aliphatic carbocycles. The van der Waals surface area contributed by atoms with E-state index in [2.05, 4.69) is 24.2 Å². The van der Waals surface area contributed by atoms with E-state index in [1.54, 1.807) is 0 Å². The van der Waals surface area contributed by atoms with E-state index >= 15 is 0 Å². The molecule has 1 unspecified atom stereocenters. The van der Waals surface area contributed by atoms with Crippen molar-refractivity contribution < 1.29 is 4.79 Å². The van der Waals surface area contributed by atoms with Crippen molar-refractivity contribution in [1.82, 2.24) is 15.1 Å². The minimum Gasteiger partial charge on any atom is -0.341 e. The van der Waals surface area contributed by atoms with Crippen molar-refractivity contribution in [3.63, 3.8) is 0 Å². The van der Waals surface area contributed by atoms with Gasteiger partial charge in [0.2, 0.25) is 5.91 Å². The maximum Gasteiger partial charge on any atom is 0.222 e. The first-order valence-corrected chi connectivity index (χ1v) is 6.87. The van der Waals surface area contributed by atoms with Gasteiger partial charge in [-0.05, 0) is 46.3 Å². The Morgan fingerprint density at radius 3 is 2.65 bits per heavy atom. The number of piperidine rings is 1. The Kier molecular flexibility index (Phi) is 4.40. The average Bonchev–Trinajstić information content (AvgIpc) is 2.68. The molecule has 2 aliphatic heterocycles. The number of carbonyl (C=O) groups is 1. The number of likely N-dealkylation sites (tertiary alicyclic amines) is 2. The number of rotatable bonds is 4. The molecule has 2 rings (SSSR count). The molecule has 0 aromatic rings. The molecule has 4 nitrogen and oxygen atoms in total. The van der Waals surface area contributed by atoms with Crippen LogP contribution < -0.4 is 5.32 Å². The zero-order valence-electron chi connectivity index (χ0n) is 11.1. The highest BCUT2D eigenvalue weighted by Crippen LogP contribution is 2.12. The van der Waals surface area contributed by atoms with Crippen molar-refractivity contribution >= 4 is 5.91 Å². The van der Waals surface area contributed by atoms with Crippen LogP contribution in [0.15, 0.2) is 0 Å². The van der Waals surface area contributed by atoms with Gasteiger partial charge in [-0.25, -0.2) is 0 Å². The Bertz CT molecular complexity index is 261. The van der Waals surface area contributed by atoms with Gasteiger partial charge in [0, 0.05) is 31.6 Å². The fourth-order valence-electron chi connectivity index (χ4n) is 2.86. The second-order valence-corrected chi connectivity index (χ2v) is 5.59. The molecule has 2 saturated heterocycles. The lowest BCUT2D eigenvalue weighted by atomic mass is 10.0. The molecular weight excluding hydrogens is 214 g/mol. The number of hydrogen-bond donors (Lipinski definition) is 1. The van der Waals surface area contributed by atoms with E-state index in [-0.39, 0.29) is 0 Å². The maximum atomic E-state index is 11.5. The van der Waals surface area contributed by atoms with Crippen molar-refractivity contribution in [3.05, 3.63) is 0 Å². The summed E-state index contributed by atoms with van der Waals surface area (Å²) in [5, 5.41) is 3.67. The van der Waals surface area contributed by atoms with Crippen LogP contribution in [0.1, 0.15) is 32.6 Å². The third-order valence-electron chi connectivity index (χ3n) is 3.90. The summed E-state index contributed by atoms with van der Waals surface area (Å²) >= 11 is 0. The van der Waals surface area contributed by atoms with Crippen LogP contribution in [-0.2, 0) is 4.79 Å². The first-order chi connectivity index (χ1) is 8.15. The van der Waals surface area contributed by atoms with Gasteiger partial charge in [0.25, 0.3) is 0 Å². The van der Waals surface area contributed by atoms with Crippen LogP contribution in [0.2, 0.25) is 0 Å². The summed E-state index contributed by atoms with van der Waals surface area (Å²) in [4.78, 5) is 15.9. The van der Waals surface area contributed by atoms with Crippen molar-refractivity contribution in [2.45, 2.75) is 44.7 Å². The molecule has 0 spiro atoms. The molecule has 98 valence electrons. The Labute approximate surface area is 104 Å². The highest BCUT2D eigenvalue weighted by Gasteiger charge is 2.23. The monoisotopic (exact) mass is 239 g/mol. The third-order valence-corrected chi connectivity index (χ3v) is 3.90. The van der Waals surface area contributed by atoms with Crippen molar-refractivity contribution in [1.29, 1.82) is 0 Å². The zero-order valence-corrected chi connectivity index (χ0v) is 11.1. The van der Waals surface area contributed by atoms with Gasteiger partial charge in [-0.1, -0.05) is 0 Å². The van der Waals surface area contributed by atoms with E-state index in [9.17, 15) is 4.79 Å². The number of nitrogens with zero attached hydrogens (tertiary/aromatic N) is 2. The van der Waals surface area contributed by atoms with Gasteiger partial charge >= 0.3 is 0 Å². The molecule has 0 bridgehead atoms.